The van der Waals surface area contributed by atoms with E-state index in [-0.39, 0.29) is 23.5 Å². The zero-order valence-electron chi connectivity index (χ0n) is 15.5. The molecule has 1 N–H and O–H groups in total. The van der Waals surface area contributed by atoms with E-state index in [0.717, 1.165) is 11.1 Å². The second kappa shape index (κ2) is 8.82. The molecule has 2 atom stereocenters. The highest BCUT2D eigenvalue weighted by atomic mass is 32.2. The molecular weight excluding hydrogens is 358 g/mol. The van der Waals surface area contributed by atoms with Gasteiger partial charge in [0.2, 0.25) is 0 Å². The fourth-order valence-corrected chi connectivity index (χ4v) is 3.89. The van der Waals surface area contributed by atoms with Gasteiger partial charge in [-0.1, -0.05) is 60.2 Å². The maximum atomic E-state index is 12.4. The Morgan fingerprint density at radius 2 is 1.70 bits per heavy atom. The van der Waals surface area contributed by atoms with Crippen LogP contribution in [0.15, 0.2) is 71.1 Å². The van der Waals surface area contributed by atoms with Crippen molar-refractivity contribution in [2.75, 3.05) is 0 Å². The van der Waals surface area contributed by atoms with Crippen LogP contribution in [0.1, 0.15) is 46.0 Å². The van der Waals surface area contributed by atoms with Crippen LogP contribution in [0.3, 0.4) is 0 Å². The van der Waals surface area contributed by atoms with Crippen LogP contribution < -0.4 is 5.32 Å². The van der Waals surface area contributed by atoms with Crippen molar-refractivity contribution in [3.63, 3.8) is 0 Å². The molecule has 1 aromatic heterocycles. The minimum Gasteiger partial charge on any atom is -0.455 e. The highest BCUT2D eigenvalue weighted by Crippen LogP contribution is 2.16. The Balaban J connectivity index is 1.56. The maximum absolute atomic E-state index is 12.4. The van der Waals surface area contributed by atoms with Crippen molar-refractivity contribution in [3.05, 3.63) is 94.9 Å². The van der Waals surface area contributed by atoms with E-state index in [1.54, 1.807) is 12.1 Å². The van der Waals surface area contributed by atoms with Gasteiger partial charge in [-0.05, 0) is 37.1 Å². The van der Waals surface area contributed by atoms with Gasteiger partial charge in [-0.2, -0.15) is 0 Å². The van der Waals surface area contributed by atoms with Gasteiger partial charge in [-0.15, -0.1) is 0 Å². The predicted octanol–water partition coefficient (Wildman–Crippen LogP) is 4.53. The van der Waals surface area contributed by atoms with Crippen LogP contribution >= 0.6 is 0 Å². The molecule has 0 radical (unpaired) electrons. The second-order valence-corrected chi connectivity index (χ2v) is 8.04. The third kappa shape index (κ3) is 5.41. The molecule has 0 saturated carbocycles. The average molecular weight is 381 g/mol. The van der Waals surface area contributed by atoms with Crippen molar-refractivity contribution in [2.24, 2.45) is 0 Å². The third-order valence-corrected chi connectivity index (χ3v) is 5.55. The number of amides is 1. The van der Waals surface area contributed by atoms with Gasteiger partial charge in [-0.3, -0.25) is 9.00 Å². The number of nitrogens with one attached hydrogen (secondary N) is 1. The summed E-state index contributed by atoms with van der Waals surface area (Å²) < 4.78 is 18.0. The first-order valence-electron chi connectivity index (χ1n) is 8.86. The molecule has 0 saturated heterocycles. The lowest BCUT2D eigenvalue weighted by molar-refractivity contribution is 0.0910. The molecule has 27 heavy (non-hydrogen) atoms. The van der Waals surface area contributed by atoms with E-state index >= 15 is 0 Å². The molecule has 0 aliphatic heterocycles. The summed E-state index contributed by atoms with van der Waals surface area (Å²) in [6.45, 7) is 3.95. The number of hydrogen-bond acceptors (Lipinski definition) is 3. The monoisotopic (exact) mass is 381 g/mol. The summed E-state index contributed by atoms with van der Waals surface area (Å²) in [6.07, 6.45) is 0. The number of furan rings is 1. The summed E-state index contributed by atoms with van der Waals surface area (Å²) in [5.74, 6) is 1.27. The molecule has 2 aromatic carbocycles. The topological polar surface area (TPSA) is 59.3 Å². The van der Waals surface area contributed by atoms with Crippen molar-refractivity contribution in [1.82, 2.24) is 5.32 Å². The predicted molar refractivity (Wildman–Crippen MR) is 108 cm³/mol. The molecule has 0 unspecified atom stereocenters. The zero-order chi connectivity index (χ0) is 19.2. The van der Waals surface area contributed by atoms with Gasteiger partial charge in [0.25, 0.3) is 5.91 Å². The lowest BCUT2D eigenvalue weighted by atomic mass is 10.1. The number of aryl methyl sites for hydroxylation is 1. The Morgan fingerprint density at radius 1 is 1.00 bits per heavy atom. The van der Waals surface area contributed by atoms with Crippen molar-refractivity contribution in [3.8, 4) is 0 Å². The molecule has 1 amide bonds. The lowest BCUT2D eigenvalue weighted by Crippen LogP contribution is -2.26. The number of hydrogen-bond donors (Lipinski definition) is 1. The summed E-state index contributed by atoms with van der Waals surface area (Å²) in [6, 6.07) is 21.0. The largest absolute Gasteiger partial charge is 0.455 e. The molecule has 0 spiro atoms. The SMILES string of the molecule is Cc1ccc(C[S@](=O)Cc2ccc(C(=O)N[C@@H](C)c3ccccc3)o2)cc1. The van der Waals surface area contributed by atoms with E-state index < -0.39 is 10.8 Å². The van der Waals surface area contributed by atoms with Crippen LogP contribution in [-0.2, 0) is 22.3 Å². The molecule has 0 bridgehead atoms. The van der Waals surface area contributed by atoms with Gasteiger partial charge < -0.3 is 9.73 Å². The van der Waals surface area contributed by atoms with Crippen LogP contribution in [0, 0.1) is 6.92 Å². The van der Waals surface area contributed by atoms with E-state index in [9.17, 15) is 9.00 Å². The molecule has 1 heterocycles. The molecule has 3 aromatic rings. The molecule has 0 fully saturated rings. The van der Waals surface area contributed by atoms with Gasteiger partial charge >= 0.3 is 0 Å². The van der Waals surface area contributed by atoms with Crippen molar-refractivity contribution in [1.29, 1.82) is 0 Å². The standard InChI is InChI=1S/C22H23NO3S/c1-16-8-10-18(11-9-16)14-27(25)15-20-12-13-21(26-20)22(24)23-17(2)19-6-4-3-5-7-19/h3-13,17H,14-15H2,1-2H3,(H,23,24)/t17-,27-/m0/s1. The first-order valence-corrected chi connectivity index (χ1v) is 10.3. The fraction of sp³-hybridized carbons (Fsp3) is 0.227. The first-order chi connectivity index (χ1) is 13.0. The van der Waals surface area contributed by atoms with Crippen LogP contribution in [0.5, 0.6) is 0 Å². The number of benzene rings is 2. The quantitative estimate of drug-likeness (QED) is 0.654. The third-order valence-electron chi connectivity index (χ3n) is 4.28. The van der Waals surface area contributed by atoms with Gasteiger partial charge in [0.05, 0.1) is 11.8 Å². The maximum Gasteiger partial charge on any atom is 0.287 e. The Bertz CT molecular complexity index is 916. The Morgan fingerprint density at radius 3 is 2.41 bits per heavy atom. The molecular formula is C22H23NO3S. The number of carbonyl (C=O) groups is 1. The highest BCUT2D eigenvalue weighted by Gasteiger charge is 2.16. The van der Waals surface area contributed by atoms with Gasteiger partial charge in [0.15, 0.2) is 5.76 Å². The number of carbonyl (C=O) groups excluding carboxylic acids is 1. The molecule has 0 aliphatic rings. The fourth-order valence-electron chi connectivity index (χ4n) is 2.75. The van der Waals surface area contributed by atoms with Crippen LogP contribution in [0.25, 0.3) is 0 Å². The van der Waals surface area contributed by atoms with Crippen molar-refractivity contribution in [2.45, 2.75) is 31.4 Å². The van der Waals surface area contributed by atoms with Crippen LogP contribution in [-0.4, -0.2) is 10.1 Å². The zero-order valence-corrected chi connectivity index (χ0v) is 16.3. The molecule has 4 nitrogen and oxygen atoms in total. The Kier molecular flexibility index (Phi) is 6.24. The average Bonchev–Trinajstić information content (AvgIpc) is 3.13. The lowest BCUT2D eigenvalue weighted by Gasteiger charge is -2.13. The van der Waals surface area contributed by atoms with E-state index in [1.165, 1.54) is 5.56 Å². The summed E-state index contributed by atoms with van der Waals surface area (Å²) in [5.41, 5.74) is 3.23. The van der Waals surface area contributed by atoms with Gasteiger partial charge in [0, 0.05) is 16.6 Å². The van der Waals surface area contributed by atoms with Gasteiger partial charge in [-0.25, -0.2) is 0 Å². The number of rotatable bonds is 7. The van der Waals surface area contributed by atoms with Crippen molar-refractivity contribution >= 4 is 16.7 Å². The summed E-state index contributed by atoms with van der Waals surface area (Å²) in [5, 5.41) is 2.92. The van der Waals surface area contributed by atoms with Crippen LogP contribution in [0.4, 0.5) is 0 Å². The highest BCUT2D eigenvalue weighted by molar-refractivity contribution is 7.83. The Hall–Kier alpha value is -2.66. The molecule has 140 valence electrons. The summed E-state index contributed by atoms with van der Waals surface area (Å²) >= 11 is 0. The Labute approximate surface area is 162 Å². The smallest absolute Gasteiger partial charge is 0.287 e. The summed E-state index contributed by atoms with van der Waals surface area (Å²) in [7, 11) is -1.09. The second-order valence-electron chi connectivity index (χ2n) is 6.59. The van der Waals surface area contributed by atoms with E-state index in [2.05, 4.69) is 5.32 Å². The minimum absolute atomic E-state index is 0.122. The van der Waals surface area contributed by atoms with E-state index in [1.807, 2.05) is 68.4 Å². The van der Waals surface area contributed by atoms with Crippen LogP contribution in [0.2, 0.25) is 0 Å². The van der Waals surface area contributed by atoms with E-state index in [0.29, 0.717) is 11.5 Å². The minimum atomic E-state index is -1.09. The molecule has 0 aliphatic carbocycles. The van der Waals surface area contributed by atoms with Crippen molar-refractivity contribution < 1.29 is 13.4 Å². The molecule has 5 heteroatoms. The normalized spacial score (nSPS) is 13.1. The van der Waals surface area contributed by atoms with Gasteiger partial charge in [0.1, 0.15) is 5.76 Å². The summed E-state index contributed by atoms with van der Waals surface area (Å²) in [4.78, 5) is 12.4. The first kappa shape index (κ1) is 19.1. The molecule has 3 rings (SSSR count). The van der Waals surface area contributed by atoms with E-state index in [4.69, 9.17) is 4.42 Å².